The Labute approximate surface area is 224 Å². The van der Waals surface area contributed by atoms with Gasteiger partial charge in [-0.2, -0.15) is 0 Å². The molecule has 0 saturated heterocycles. The number of hydrogen-bond donors (Lipinski definition) is 3. The molecule has 7 heteroatoms. The number of oxime groups is 1. The van der Waals surface area contributed by atoms with Crippen LogP contribution in [0.1, 0.15) is 47.4 Å². The maximum atomic E-state index is 13.4. The molecule has 1 atom stereocenters. The first-order chi connectivity index (χ1) is 18.5. The maximum Gasteiger partial charge on any atom is 0.259 e. The van der Waals surface area contributed by atoms with Crippen LogP contribution in [0.2, 0.25) is 0 Å². The number of carbonyl (C=O) groups excluding carboxylic acids is 1. The van der Waals surface area contributed by atoms with Gasteiger partial charge in [0, 0.05) is 17.7 Å². The van der Waals surface area contributed by atoms with Gasteiger partial charge in [-0.15, -0.1) is 0 Å². The summed E-state index contributed by atoms with van der Waals surface area (Å²) in [5.74, 6) is 1.11. The lowest BCUT2D eigenvalue weighted by molar-refractivity contribution is 0.102. The minimum atomic E-state index is -0.292. The lowest BCUT2D eigenvalue weighted by atomic mass is 9.81. The van der Waals surface area contributed by atoms with Crippen molar-refractivity contribution in [3.8, 4) is 5.75 Å². The van der Waals surface area contributed by atoms with E-state index in [2.05, 4.69) is 28.8 Å². The van der Waals surface area contributed by atoms with Crippen molar-refractivity contribution >= 4 is 23.1 Å². The average molecular weight is 511 g/mol. The molecule has 0 spiro atoms. The highest BCUT2D eigenvalue weighted by Gasteiger charge is 2.29. The molecule has 2 aromatic carbocycles. The third-order valence-corrected chi connectivity index (χ3v) is 6.57. The standard InChI is InChI=1S/C31H34N4O3/c1-4-5-9-22(3)23-18-28-26(29(19-23)35-37)20-27(31(36)33-24-14-12-21(2)13-15-24)30(34-28)32-16-17-38-25-10-7-6-8-11-25/h4-15,20,23,37H,16-19H2,1-3H3,(H,32,34)(H,33,36)/b5-4-,22-9+,35-29+. The van der Waals surface area contributed by atoms with E-state index in [0.717, 1.165) is 17.0 Å². The molecular weight excluding hydrogens is 476 g/mol. The molecule has 1 heterocycles. The van der Waals surface area contributed by atoms with Gasteiger partial charge in [0.1, 0.15) is 18.2 Å². The monoisotopic (exact) mass is 510 g/mol. The first kappa shape index (κ1) is 26.7. The van der Waals surface area contributed by atoms with Crippen LogP contribution in [0.25, 0.3) is 0 Å². The average Bonchev–Trinajstić information content (AvgIpc) is 2.94. The van der Waals surface area contributed by atoms with E-state index in [0.29, 0.717) is 54.3 Å². The summed E-state index contributed by atoms with van der Waals surface area (Å²) in [7, 11) is 0. The molecule has 38 heavy (non-hydrogen) atoms. The molecule has 3 N–H and O–H groups in total. The summed E-state index contributed by atoms with van der Waals surface area (Å²) in [5, 5.41) is 19.7. The van der Waals surface area contributed by atoms with Crippen LogP contribution in [0, 0.1) is 12.8 Å². The zero-order valence-corrected chi connectivity index (χ0v) is 22.1. The molecule has 1 aromatic heterocycles. The molecule has 196 valence electrons. The zero-order chi connectivity index (χ0) is 26.9. The molecule has 7 nitrogen and oxygen atoms in total. The number of amides is 1. The molecule has 0 fully saturated rings. The summed E-state index contributed by atoms with van der Waals surface area (Å²) in [6, 6.07) is 19.0. The summed E-state index contributed by atoms with van der Waals surface area (Å²) >= 11 is 0. The molecule has 0 saturated carbocycles. The van der Waals surface area contributed by atoms with Crippen molar-refractivity contribution in [1.29, 1.82) is 0 Å². The van der Waals surface area contributed by atoms with Crippen LogP contribution >= 0.6 is 0 Å². The van der Waals surface area contributed by atoms with E-state index in [-0.39, 0.29) is 11.8 Å². The number of rotatable bonds is 9. The van der Waals surface area contributed by atoms with Crippen molar-refractivity contribution < 1.29 is 14.7 Å². The first-order valence-corrected chi connectivity index (χ1v) is 12.8. The van der Waals surface area contributed by atoms with Gasteiger partial charge in [-0.25, -0.2) is 4.98 Å². The third kappa shape index (κ3) is 6.68. The van der Waals surface area contributed by atoms with Crippen molar-refractivity contribution in [3.05, 3.63) is 107 Å². The number of carbonyl (C=O) groups is 1. The highest BCUT2D eigenvalue weighted by Crippen LogP contribution is 2.32. The summed E-state index contributed by atoms with van der Waals surface area (Å²) in [5.41, 5.74) is 5.38. The Bertz CT molecular complexity index is 1350. The number of allylic oxidation sites excluding steroid dienone is 4. The minimum absolute atomic E-state index is 0.151. The smallest absolute Gasteiger partial charge is 0.259 e. The van der Waals surface area contributed by atoms with Crippen LogP contribution in [0.3, 0.4) is 0 Å². The fourth-order valence-electron chi connectivity index (χ4n) is 4.40. The lowest BCUT2D eigenvalue weighted by Gasteiger charge is -2.26. The quantitative estimate of drug-likeness (QED) is 0.134. The summed E-state index contributed by atoms with van der Waals surface area (Å²) in [6.45, 7) is 6.91. The Morgan fingerprint density at radius 1 is 1.16 bits per heavy atom. The number of nitrogens with one attached hydrogen (secondary N) is 2. The fourth-order valence-corrected chi connectivity index (χ4v) is 4.40. The lowest BCUT2D eigenvalue weighted by Crippen LogP contribution is -2.26. The van der Waals surface area contributed by atoms with E-state index in [1.54, 1.807) is 6.07 Å². The van der Waals surface area contributed by atoms with Gasteiger partial charge in [-0.3, -0.25) is 4.79 Å². The summed E-state index contributed by atoms with van der Waals surface area (Å²) in [4.78, 5) is 18.3. The highest BCUT2D eigenvalue weighted by atomic mass is 16.5. The van der Waals surface area contributed by atoms with E-state index in [9.17, 15) is 10.0 Å². The number of hydrogen-bond acceptors (Lipinski definition) is 6. The Hall–Kier alpha value is -4.39. The molecule has 1 amide bonds. The minimum Gasteiger partial charge on any atom is -0.492 e. The second kappa shape index (κ2) is 12.7. The van der Waals surface area contributed by atoms with E-state index >= 15 is 0 Å². The molecule has 1 aliphatic carbocycles. The Morgan fingerprint density at radius 3 is 2.63 bits per heavy atom. The molecule has 1 unspecified atom stereocenters. The van der Waals surface area contributed by atoms with Gasteiger partial charge in [0.15, 0.2) is 0 Å². The number of nitrogens with zero attached hydrogens (tertiary/aromatic N) is 2. The summed E-state index contributed by atoms with van der Waals surface area (Å²) < 4.78 is 5.81. The second-order valence-electron chi connectivity index (χ2n) is 9.38. The number of pyridine rings is 1. The van der Waals surface area contributed by atoms with Crippen molar-refractivity contribution in [2.75, 3.05) is 23.8 Å². The first-order valence-electron chi connectivity index (χ1n) is 12.8. The number of fused-ring (bicyclic) bond motifs is 1. The van der Waals surface area contributed by atoms with Gasteiger partial charge >= 0.3 is 0 Å². The number of ether oxygens (including phenoxy) is 1. The molecule has 3 aromatic rings. The van der Waals surface area contributed by atoms with Crippen LogP contribution in [-0.4, -0.2) is 35.0 Å². The predicted octanol–water partition coefficient (Wildman–Crippen LogP) is 6.40. The van der Waals surface area contributed by atoms with E-state index in [4.69, 9.17) is 9.72 Å². The maximum absolute atomic E-state index is 13.4. The van der Waals surface area contributed by atoms with Crippen LogP contribution in [-0.2, 0) is 6.42 Å². The highest BCUT2D eigenvalue weighted by molar-refractivity contribution is 6.10. The Morgan fingerprint density at radius 2 is 1.92 bits per heavy atom. The van der Waals surface area contributed by atoms with Crippen LogP contribution in [0.4, 0.5) is 11.5 Å². The van der Waals surface area contributed by atoms with Crippen molar-refractivity contribution in [3.63, 3.8) is 0 Å². The van der Waals surface area contributed by atoms with Crippen LogP contribution < -0.4 is 15.4 Å². The van der Waals surface area contributed by atoms with Gasteiger partial charge in [-0.05, 0) is 63.4 Å². The van der Waals surface area contributed by atoms with Crippen LogP contribution in [0.5, 0.6) is 5.75 Å². The van der Waals surface area contributed by atoms with E-state index in [1.165, 1.54) is 5.57 Å². The normalized spacial score (nSPS) is 16.3. The van der Waals surface area contributed by atoms with Crippen molar-refractivity contribution in [2.24, 2.45) is 11.1 Å². The van der Waals surface area contributed by atoms with Gasteiger partial charge in [-0.1, -0.05) is 64.9 Å². The fraction of sp³-hybridized carbons (Fsp3) is 0.258. The second-order valence-corrected chi connectivity index (χ2v) is 9.38. The molecule has 1 aliphatic rings. The molecule has 4 rings (SSSR count). The predicted molar refractivity (Wildman–Crippen MR) is 153 cm³/mol. The SMILES string of the molecule is C/C=C\C=C(/C)C1C/C(=N\O)c2cc(C(=O)Nc3ccc(C)cc3)c(NCCOc3ccccc3)nc2C1. The van der Waals surface area contributed by atoms with E-state index < -0.39 is 0 Å². The molecule has 0 aliphatic heterocycles. The number of anilines is 2. The van der Waals surface area contributed by atoms with Crippen molar-refractivity contribution in [2.45, 2.75) is 33.6 Å². The number of benzene rings is 2. The zero-order valence-electron chi connectivity index (χ0n) is 22.1. The topological polar surface area (TPSA) is 95.8 Å². The van der Waals surface area contributed by atoms with Gasteiger partial charge in [0.2, 0.25) is 0 Å². The van der Waals surface area contributed by atoms with Gasteiger partial charge in [0.05, 0.1) is 23.5 Å². The van der Waals surface area contributed by atoms with Gasteiger partial charge < -0.3 is 20.6 Å². The number of aryl methyl sites for hydroxylation is 1. The largest absolute Gasteiger partial charge is 0.492 e. The number of para-hydroxylation sites is 1. The summed E-state index contributed by atoms with van der Waals surface area (Å²) in [6.07, 6.45) is 7.32. The Kier molecular flexibility index (Phi) is 8.93. The van der Waals surface area contributed by atoms with E-state index in [1.807, 2.05) is 80.6 Å². The molecular formula is C31H34N4O3. The molecule has 0 bridgehead atoms. The van der Waals surface area contributed by atoms with Gasteiger partial charge in [0.25, 0.3) is 5.91 Å². The third-order valence-electron chi connectivity index (χ3n) is 6.57. The number of aromatic nitrogens is 1. The Balaban J connectivity index is 1.62. The van der Waals surface area contributed by atoms with Crippen molar-refractivity contribution in [1.82, 2.24) is 4.98 Å². The van der Waals surface area contributed by atoms with Crippen LogP contribution in [0.15, 0.2) is 89.6 Å². The molecule has 0 radical (unpaired) electrons.